The van der Waals surface area contributed by atoms with E-state index in [4.69, 9.17) is 0 Å². The molecule has 0 radical (unpaired) electrons. The maximum absolute atomic E-state index is 12.1. The fourth-order valence-electron chi connectivity index (χ4n) is 3.22. The van der Waals surface area contributed by atoms with E-state index in [1.54, 1.807) is 13.2 Å². The van der Waals surface area contributed by atoms with Crippen molar-refractivity contribution in [3.8, 4) is 0 Å². The van der Waals surface area contributed by atoms with Gasteiger partial charge >= 0.3 is 0 Å². The third kappa shape index (κ3) is 3.39. The summed E-state index contributed by atoms with van der Waals surface area (Å²) in [5.41, 5.74) is 2.12. The van der Waals surface area contributed by atoms with Gasteiger partial charge in [-0.2, -0.15) is 5.10 Å². The first-order valence-electron chi connectivity index (χ1n) is 8.14. The van der Waals surface area contributed by atoms with Crippen LogP contribution >= 0.6 is 15.9 Å². The van der Waals surface area contributed by atoms with Crippen LogP contribution in [0.3, 0.4) is 0 Å². The average molecular weight is 391 g/mol. The highest BCUT2D eigenvalue weighted by Gasteiger charge is 2.34. The zero-order valence-electron chi connectivity index (χ0n) is 14.4. The Labute approximate surface area is 151 Å². The lowest BCUT2D eigenvalue weighted by molar-refractivity contribution is 0.0962. The van der Waals surface area contributed by atoms with E-state index in [0.29, 0.717) is 4.47 Å². The van der Waals surface area contributed by atoms with Crippen molar-refractivity contribution in [2.75, 3.05) is 24.5 Å². The Morgan fingerprint density at radius 3 is 2.58 bits per heavy atom. The Hall–Kier alpha value is -1.66. The predicted octanol–water partition coefficient (Wildman–Crippen LogP) is 2.64. The predicted molar refractivity (Wildman–Crippen MR) is 100 cm³/mol. The standard InChI is InChI=1S/C18H23BrN4O/c1-18(2)13-22(15-11-20-21(3)17(24)16(15)19)9-10-23(18)12-14-7-5-4-6-8-14/h4-8,11H,9-10,12-13H2,1-3H3. The highest BCUT2D eigenvalue weighted by Crippen LogP contribution is 2.29. The number of benzene rings is 1. The third-order valence-corrected chi connectivity index (χ3v) is 5.44. The number of hydrogen-bond acceptors (Lipinski definition) is 4. The lowest BCUT2D eigenvalue weighted by Crippen LogP contribution is -2.59. The third-order valence-electron chi connectivity index (χ3n) is 4.69. The largest absolute Gasteiger partial charge is 0.366 e. The number of nitrogens with zero attached hydrogens (tertiary/aromatic N) is 4. The van der Waals surface area contributed by atoms with Gasteiger partial charge in [0.05, 0.1) is 11.9 Å². The van der Waals surface area contributed by atoms with Gasteiger partial charge in [-0.25, -0.2) is 4.68 Å². The van der Waals surface area contributed by atoms with E-state index in [1.807, 2.05) is 6.07 Å². The minimum atomic E-state index is -0.1000. The molecule has 1 fully saturated rings. The van der Waals surface area contributed by atoms with Crippen LogP contribution in [-0.4, -0.2) is 39.9 Å². The van der Waals surface area contributed by atoms with E-state index >= 15 is 0 Å². The molecule has 0 saturated carbocycles. The van der Waals surface area contributed by atoms with Crippen LogP contribution in [0.4, 0.5) is 5.69 Å². The molecule has 6 heteroatoms. The van der Waals surface area contributed by atoms with Crippen LogP contribution in [0, 0.1) is 0 Å². The lowest BCUT2D eigenvalue weighted by Gasteiger charge is -2.48. The second-order valence-electron chi connectivity index (χ2n) is 6.91. The summed E-state index contributed by atoms with van der Waals surface area (Å²) in [6.45, 7) is 8.13. The molecule has 0 aliphatic carbocycles. The average Bonchev–Trinajstić information content (AvgIpc) is 2.55. The molecule has 0 atom stereocenters. The summed E-state index contributed by atoms with van der Waals surface area (Å²) in [5.74, 6) is 0. The van der Waals surface area contributed by atoms with Gasteiger partial charge in [0.25, 0.3) is 5.56 Å². The van der Waals surface area contributed by atoms with Crippen LogP contribution in [-0.2, 0) is 13.6 Å². The van der Waals surface area contributed by atoms with Gasteiger partial charge in [0, 0.05) is 38.8 Å². The number of rotatable bonds is 3. The van der Waals surface area contributed by atoms with Crippen molar-refractivity contribution < 1.29 is 0 Å². The number of piperazine rings is 1. The molecule has 128 valence electrons. The molecule has 2 heterocycles. The Balaban J connectivity index is 1.79. The van der Waals surface area contributed by atoms with Crippen LogP contribution in [0.1, 0.15) is 19.4 Å². The van der Waals surface area contributed by atoms with Crippen LogP contribution in [0.25, 0.3) is 0 Å². The van der Waals surface area contributed by atoms with Gasteiger partial charge in [-0.15, -0.1) is 0 Å². The van der Waals surface area contributed by atoms with Crippen molar-refractivity contribution in [2.24, 2.45) is 7.05 Å². The highest BCUT2D eigenvalue weighted by atomic mass is 79.9. The van der Waals surface area contributed by atoms with Gasteiger partial charge in [-0.05, 0) is 35.3 Å². The molecule has 1 aliphatic heterocycles. The van der Waals surface area contributed by atoms with Gasteiger partial charge in [-0.1, -0.05) is 30.3 Å². The minimum Gasteiger partial charge on any atom is -0.366 e. The summed E-state index contributed by atoms with van der Waals surface area (Å²) in [5, 5.41) is 4.17. The number of aryl methyl sites for hydroxylation is 1. The zero-order chi connectivity index (χ0) is 17.3. The van der Waals surface area contributed by atoms with Crippen molar-refractivity contribution in [1.82, 2.24) is 14.7 Å². The molecule has 0 spiro atoms. The maximum Gasteiger partial charge on any atom is 0.282 e. The second-order valence-corrected chi connectivity index (χ2v) is 7.71. The molecule has 3 rings (SSSR count). The number of hydrogen-bond donors (Lipinski definition) is 0. The molecule has 0 N–H and O–H groups in total. The Morgan fingerprint density at radius 1 is 1.21 bits per heavy atom. The first-order chi connectivity index (χ1) is 11.4. The minimum absolute atomic E-state index is 0.00854. The van der Waals surface area contributed by atoms with E-state index in [9.17, 15) is 4.79 Å². The first-order valence-corrected chi connectivity index (χ1v) is 8.93. The van der Waals surface area contributed by atoms with Gasteiger partial charge in [-0.3, -0.25) is 9.69 Å². The molecule has 1 aliphatic rings. The van der Waals surface area contributed by atoms with Gasteiger partial charge in [0.15, 0.2) is 0 Å². The molecule has 1 aromatic heterocycles. The summed E-state index contributed by atoms with van der Waals surface area (Å²) >= 11 is 3.44. The van der Waals surface area contributed by atoms with Crippen molar-refractivity contribution in [3.63, 3.8) is 0 Å². The van der Waals surface area contributed by atoms with E-state index in [-0.39, 0.29) is 11.1 Å². The molecular formula is C18H23BrN4O. The molecule has 1 saturated heterocycles. The smallest absolute Gasteiger partial charge is 0.282 e. The molecule has 5 nitrogen and oxygen atoms in total. The summed E-state index contributed by atoms with van der Waals surface area (Å²) in [6.07, 6.45) is 1.77. The molecule has 0 amide bonds. The topological polar surface area (TPSA) is 41.4 Å². The van der Waals surface area contributed by atoms with Crippen LogP contribution in [0.15, 0.2) is 45.8 Å². The fraction of sp³-hybridized carbons (Fsp3) is 0.444. The molecular weight excluding hydrogens is 368 g/mol. The fourth-order valence-corrected chi connectivity index (χ4v) is 3.82. The maximum atomic E-state index is 12.1. The van der Waals surface area contributed by atoms with Gasteiger partial charge in [0.1, 0.15) is 4.47 Å². The molecule has 1 aromatic carbocycles. The summed E-state index contributed by atoms with van der Waals surface area (Å²) in [6, 6.07) is 10.6. The SMILES string of the molecule is Cn1ncc(N2CCN(Cc3ccccc3)C(C)(C)C2)c(Br)c1=O. The monoisotopic (exact) mass is 390 g/mol. The van der Waals surface area contributed by atoms with E-state index in [2.05, 4.69) is 68.9 Å². The Kier molecular flexibility index (Phi) is 4.78. The Morgan fingerprint density at radius 2 is 1.92 bits per heavy atom. The zero-order valence-corrected chi connectivity index (χ0v) is 16.0. The molecule has 0 bridgehead atoms. The number of halogens is 1. The summed E-state index contributed by atoms with van der Waals surface area (Å²) in [7, 11) is 1.67. The van der Waals surface area contributed by atoms with Crippen LogP contribution in [0.5, 0.6) is 0 Å². The Bertz CT molecular complexity index is 772. The number of aromatic nitrogens is 2. The molecule has 2 aromatic rings. The molecule has 0 unspecified atom stereocenters. The van der Waals surface area contributed by atoms with Crippen molar-refractivity contribution >= 4 is 21.6 Å². The van der Waals surface area contributed by atoms with Gasteiger partial charge < -0.3 is 4.90 Å². The van der Waals surface area contributed by atoms with E-state index in [0.717, 1.165) is 31.9 Å². The van der Waals surface area contributed by atoms with Crippen molar-refractivity contribution in [1.29, 1.82) is 0 Å². The van der Waals surface area contributed by atoms with Crippen LogP contribution in [0.2, 0.25) is 0 Å². The summed E-state index contributed by atoms with van der Waals surface area (Å²) in [4.78, 5) is 16.9. The first kappa shape index (κ1) is 17.2. The van der Waals surface area contributed by atoms with E-state index < -0.39 is 0 Å². The van der Waals surface area contributed by atoms with Crippen LogP contribution < -0.4 is 10.5 Å². The van der Waals surface area contributed by atoms with E-state index in [1.165, 1.54) is 10.2 Å². The number of anilines is 1. The highest BCUT2D eigenvalue weighted by molar-refractivity contribution is 9.10. The van der Waals surface area contributed by atoms with Crippen molar-refractivity contribution in [2.45, 2.75) is 25.9 Å². The van der Waals surface area contributed by atoms with Gasteiger partial charge in [0.2, 0.25) is 0 Å². The normalized spacial score (nSPS) is 17.9. The quantitative estimate of drug-likeness (QED) is 0.807. The summed E-state index contributed by atoms with van der Waals surface area (Å²) < 4.78 is 1.94. The lowest BCUT2D eigenvalue weighted by atomic mass is 9.97. The molecule has 24 heavy (non-hydrogen) atoms. The van der Waals surface area contributed by atoms with Crippen molar-refractivity contribution in [3.05, 3.63) is 56.9 Å². The second kappa shape index (κ2) is 6.69.